The van der Waals surface area contributed by atoms with Crippen LogP contribution in [0.15, 0.2) is 0 Å². The van der Waals surface area contributed by atoms with Gasteiger partial charge in [-0.15, -0.1) is 0 Å². The van der Waals surface area contributed by atoms with Crippen LogP contribution in [0.2, 0.25) is 0 Å². The maximum atomic E-state index is 10.7. The molecule has 0 aliphatic rings. The quantitative estimate of drug-likeness (QED) is 0.637. The Hall–Kier alpha value is -1.08. The smallest absolute Gasteiger partial charge is 0.231 e. The molecule has 2 N–H and O–H groups in total. The minimum absolute atomic E-state index is 0.235. The van der Waals surface area contributed by atoms with Crippen molar-refractivity contribution >= 4 is 5.91 Å². The summed E-state index contributed by atoms with van der Waals surface area (Å²) in [5, 5.41) is 8.85. The van der Waals surface area contributed by atoms with Gasteiger partial charge in [-0.05, 0) is 39.8 Å². The Morgan fingerprint density at radius 2 is 2.06 bits per heavy atom. The fraction of sp³-hybridized carbons (Fsp3) is 0.833. The Bertz CT molecular complexity index is 255. The predicted molar refractivity (Wildman–Crippen MR) is 64.6 cm³/mol. The topological polar surface area (TPSA) is 70.1 Å². The van der Waals surface area contributed by atoms with Crippen LogP contribution in [0.4, 0.5) is 0 Å². The van der Waals surface area contributed by atoms with Crippen LogP contribution in [-0.2, 0) is 4.79 Å². The largest absolute Gasteiger partial charge is 0.369 e. The number of nitriles is 1. The van der Waals surface area contributed by atoms with Crippen LogP contribution < -0.4 is 5.73 Å². The predicted octanol–water partition coefficient (Wildman–Crippen LogP) is 1.51. The zero-order valence-corrected chi connectivity index (χ0v) is 10.6. The van der Waals surface area contributed by atoms with Gasteiger partial charge in [0.25, 0.3) is 0 Å². The maximum Gasteiger partial charge on any atom is 0.231 e. The molecule has 0 radical (unpaired) electrons. The third-order valence-corrected chi connectivity index (χ3v) is 2.66. The van der Waals surface area contributed by atoms with Crippen LogP contribution in [0.5, 0.6) is 0 Å². The molecule has 0 heterocycles. The number of carbonyl (C=O) groups is 1. The molecule has 1 amide bonds. The molecular formula is C12H23N3O. The highest BCUT2D eigenvalue weighted by Gasteiger charge is 2.15. The minimum Gasteiger partial charge on any atom is -0.369 e. The van der Waals surface area contributed by atoms with E-state index < -0.39 is 0 Å². The van der Waals surface area contributed by atoms with Crippen LogP contribution in [0.25, 0.3) is 0 Å². The van der Waals surface area contributed by atoms with Gasteiger partial charge >= 0.3 is 0 Å². The summed E-state index contributed by atoms with van der Waals surface area (Å²) in [6.45, 7) is 7.97. The van der Waals surface area contributed by atoms with E-state index in [1.54, 1.807) is 0 Å². The summed E-state index contributed by atoms with van der Waals surface area (Å²) < 4.78 is 0. The van der Waals surface area contributed by atoms with E-state index in [1.165, 1.54) is 0 Å². The number of carbonyl (C=O) groups excluding carboxylic acids is 1. The molecule has 0 aliphatic carbocycles. The van der Waals surface area contributed by atoms with Gasteiger partial charge in [0.05, 0.1) is 18.0 Å². The average Bonchev–Trinajstić information content (AvgIpc) is 2.22. The van der Waals surface area contributed by atoms with Crippen molar-refractivity contribution < 1.29 is 4.79 Å². The van der Waals surface area contributed by atoms with Gasteiger partial charge in [0.1, 0.15) is 0 Å². The molecule has 16 heavy (non-hydrogen) atoms. The SMILES string of the molecule is CCN(CCCCC(C)(C)C#N)CC(N)=O. The highest BCUT2D eigenvalue weighted by Crippen LogP contribution is 2.21. The zero-order valence-electron chi connectivity index (χ0n) is 10.6. The number of rotatable bonds is 8. The molecule has 0 unspecified atom stereocenters. The number of hydrogen-bond acceptors (Lipinski definition) is 3. The van der Waals surface area contributed by atoms with E-state index in [2.05, 4.69) is 6.07 Å². The number of nitrogens with two attached hydrogens (primary N) is 1. The first kappa shape index (κ1) is 14.9. The summed E-state index contributed by atoms with van der Waals surface area (Å²) >= 11 is 0. The molecule has 0 aromatic rings. The molecule has 92 valence electrons. The highest BCUT2D eigenvalue weighted by atomic mass is 16.1. The number of hydrogen-bond donors (Lipinski definition) is 1. The van der Waals surface area contributed by atoms with E-state index in [4.69, 9.17) is 11.0 Å². The van der Waals surface area contributed by atoms with Gasteiger partial charge in [0.2, 0.25) is 5.91 Å². The lowest BCUT2D eigenvalue weighted by Gasteiger charge is -2.19. The van der Waals surface area contributed by atoms with Crippen molar-refractivity contribution in [3.8, 4) is 6.07 Å². The van der Waals surface area contributed by atoms with Gasteiger partial charge < -0.3 is 5.73 Å². The first-order chi connectivity index (χ1) is 7.41. The van der Waals surface area contributed by atoms with E-state index in [0.29, 0.717) is 6.54 Å². The minimum atomic E-state index is -0.279. The van der Waals surface area contributed by atoms with Crippen molar-refractivity contribution in [1.82, 2.24) is 4.90 Å². The van der Waals surface area contributed by atoms with E-state index in [0.717, 1.165) is 32.4 Å². The summed E-state index contributed by atoms with van der Waals surface area (Å²) in [5.41, 5.74) is 4.90. The lowest BCUT2D eigenvalue weighted by molar-refractivity contribution is -0.119. The first-order valence-electron chi connectivity index (χ1n) is 5.83. The fourth-order valence-corrected chi connectivity index (χ4v) is 1.53. The van der Waals surface area contributed by atoms with Gasteiger partial charge in [-0.25, -0.2) is 0 Å². The standard InChI is InChI=1S/C12H23N3O/c1-4-15(9-11(14)16)8-6-5-7-12(2,3)10-13/h4-9H2,1-3H3,(H2,14,16). The van der Waals surface area contributed by atoms with E-state index in [-0.39, 0.29) is 11.3 Å². The molecular weight excluding hydrogens is 202 g/mol. The van der Waals surface area contributed by atoms with Crippen molar-refractivity contribution in [3.05, 3.63) is 0 Å². The fourth-order valence-electron chi connectivity index (χ4n) is 1.53. The van der Waals surface area contributed by atoms with Gasteiger partial charge in [0, 0.05) is 0 Å². The molecule has 0 rings (SSSR count). The summed E-state index contributed by atoms with van der Waals surface area (Å²) in [7, 11) is 0. The summed E-state index contributed by atoms with van der Waals surface area (Å²) in [6.07, 6.45) is 2.92. The third-order valence-electron chi connectivity index (χ3n) is 2.66. The van der Waals surface area contributed by atoms with Crippen molar-refractivity contribution in [3.63, 3.8) is 0 Å². The lowest BCUT2D eigenvalue weighted by Crippen LogP contribution is -2.34. The zero-order chi connectivity index (χ0) is 12.6. The molecule has 0 saturated carbocycles. The van der Waals surface area contributed by atoms with Crippen molar-refractivity contribution in [2.45, 2.75) is 40.0 Å². The number of amides is 1. The van der Waals surface area contributed by atoms with Gasteiger partial charge in [-0.1, -0.05) is 13.3 Å². The molecule has 4 heteroatoms. The summed E-state index contributed by atoms with van der Waals surface area (Å²) in [5.74, 6) is -0.279. The Labute approximate surface area is 98.4 Å². The Balaban J connectivity index is 3.72. The van der Waals surface area contributed by atoms with Crippen LogP contribution in [-0.4, -0.2) is 30.4 Å². The van der Waals surface area contributed by atoms with Crippen LogP contribution in [0.3, 0.4) is 0 Å². The molecule has 0 atom stereocenters. The molecule has 0 aromatic heterocycles. The molecule has 0 fully saturated rings. The van der Waals surface area contributed by atoms with Crippen molar-refractivity contribution in [2.24, 2.45) is 11.1 Å². The second-order valence-electron chi connectivity index (χ2n) is 4.79. The number of primary amides is 1. The molecule has 4 nitrogen and oxygen atoms in total. The Morgan fingerprint density at radius 3 is 2.50 bits per heavy atom. The van der Waals surface area contributed by atoms with Crippen molar-refractivity contribution in [2.75, 3.05) is 19.6 Å². The molecule has 0 spiro atoms. The van der Waals surface area contributed by atoms with Crippen LogP contribution in [0, 0.1) is 16.7 Å². The second kappa shape index (κ2) is 7.24. The van der Waals surface area contributed by atoms with Crippen LogP contribution in [0.1, 0.15) is 40.0 Å². The number of likely N-dealkylation sites (N-methyl/N-ethyl adjacent to an activating group) is 1. The third kappa shape index (κ3) is 7.24. The monoisotopic (exact) mass is 225 g/mol. The van der Waals surface area contributed by atoms with Gasteiger partial charge in [-0.2, -0.15) is 5.26 Å². The molecule has 0 aliphatic heterocycles. The van der Waals surface area contributed by atoms with Gasteiger partial charge in [-0.3, -0.25) is 9.69 Å². The average molecular weight is 225 g/mol. The van der Waals surface area contributed by atoms with E-state index in [1.807, 2.05) is 25.7 Å². The summed E-state index contributed by atoms with van der Waals surface area (Å²) in [6, 6.07) is 2.29. The normalized spacial score (nSPS) is 11.4. The second-order valence-corrected chi connectivity index (χ2v) is 4.79. The Kier molecular flexibility index (Phi) is 6.75. The maximum absolute atomic E-state index is 10.7. The number of nitrogens with zero attached hydrogens (tertiary/aromatic N) is 2. The van der Waals surface area contributed by atoms with E-state index >= 15 is 0 Å². The molecule has 0 bridgehead atoms. The van der Waals surface area contributed by atoms with Crippen molar-refractivity contribution in [1.29, 1.82) is 5.26 Å². The first-order valence-corrected chi connectivity index (χ1v) is 5.83. The van der Waals surface area contributed by atoms with Gasteiger partial charge in [0.15, 0.2) is 0 Å². The van der Waals surface area contributed by atoms with E-state index in [9.17, 15) is 4.79 Å². The lowest BCUT2D eigenvalue weighted by atomic mass is 9.89. The highest BCUT2D eigenvalue weighted by molar-refractivity contribution is 5.75. The number of unbranched alkanes of at least 4 members (excludes halogenated alkanes) is 1. The van der Waals surface area contributed by atoms with Crippen LogP contribution >= 0.6 is 0 Å². The Morgan fingerprint density at radius 1 is 1.44 bits per heavy atom. The molecule has 0 aromatic carbocycles. The summed E-state index contributed by atoms with van der Waals surface area (Å²) in [4.78, 5) is 12.8. The molecule has 0 saturated heterocycles.